The van der Waals surface area contributed by atoms with Crippen molar-refractivity contribution in [2.24, 2.45) is 0 Å². The van der Waals surface area contributed by atoms with Gasteiger partial charge in [0.1, 0.15) is 0 Å². The molecule has 0 bridgehead atoms. The van der Waals surface area contributed by atoms with Gasteiger partial charge in [-0.2, -0.15) is 0 Å². The molecular formula is C16H30O. The summed E-state index contributed by atoms with van der Waals surface area (Å²) >= 11 is 0. The normalized spacial score (nSPS) is 24.9. The topological polar surface area (TPSA) is 9.23 Å². The molecular weight excluding hydrogens is 208 g/mol. The number of hydrogen-bond donors (Lipinski definition) is 0. The molecule has 0 aromatic heterocycles. The summed E-state index contributed by atoms with van der Waals surface area (Å²) in [5.41, 5.74) is 0. The third-order valence-corrected chi connectivity index (χ3v) is 3.54. The van der Waals surface area contributed by atoms with Crippen LogP contribution in [0.25, 0.3) is 0 Å². The zero-order valence-corrected chi connectivity index (χ0v) is 11.5. The summed E-state index contributed by atoms with van der Waals surface area (Å²) in [7, 11) is 0. The van der Waals surface area contributed by atoms with Crippen molar-refractivity contribution < 1.29 is 4.74 Å². The summed E-state index contributed by atoms with van der Waals surface area (Å²) in [5, 5.41) is 0. The second-order valence-electron chi connectivity index (χ2n) is 5.22. The van der Waals surface area contributed by atoms with Gasteiger partial charge < -0.3 is 4.74 Å². The van der Waals surface area contributed by atoms with Gasteiger partial charge in [0.15, 0.2) is 0 Å². The average Bonchev–Trinajstić information content (AvgIpc) is 2.35. The summed E-state index contributed by atoms with van der Waals surface area (Å²) in [5.74, 6) is 0. The molecule has 1 heterocycles. The van der Waals surface area contributed by atoms with Crippen LogP contribution in [0.15, 0.2) is 12.2 Å². The Kier molecular flexibility index (Phi) is 10.6. The Bertz CT molecular complexity index is 156. The summed E-state index contributed by atoms with van der Waals surface area (Å²) < 4.78 is 5.57. The quantitative estimate of drug-likeness (QED) is 0.523. The van der Waals surface area contributed by atoms with Crippen molar-refractivity contribution in [3.63, 3.8) is 0 Å². The maximum Gasteiger partial charge on any atom is 0.0647 e. The minimum Gasteiger partial charge on any atom is -0.377 e. The molecule has 1 rings (SSSR count). The molecule has 0 aromatic carbocycles. The maximum absolute atomic E-state index is 5.57. The zero-order chi connectivity index (χ0) is 12.0. The van der Waals surface area contributed by atoms with E-state index in [0.717, 1.165) is 13.2 Å². The highest BCUT2D eigenvalue weighted by Crippen LogP contribution is 2.12. The predicted octanol–water partition coefficient (Wildman–Crippen LogP) is 5.25. The molecule has 1 nitrogen and oxygen atoms in total. The van der Waals surface area contributed by atoms with Gasteiger partial charge in [-0.25, -0.2) is 0 Å². The van der Waals surface area contributed by atoms with E-state index in [0.29, 0.717) is 0 Å². The lowest BCUT2D eigenvalue weighted by atomic mass is 10.1. The second kappa shape index (κ2) is 12.2. The fourth-order valence-corrected chi connectivity index (χ4v) is 2.39. The van der Waals surface area contributed by atoms with Crippen LogP contribution in [0, 0.1) is 0 Å². The summed E-state index contributed by atoms with van der Waals surface area (Å²) in [6.07, 6.45) is 21.2. The van der Waals surface area contributed by atoms with Gasteiger partial charge in [0.05, 0.1) is 6.61 Å². The first kappa shape index (κ1) is 14.8. The van der Waals surface area contributed by atoms with E-state index in [1.807, 2.05) is 0 Å². The van der Waals surface area contributed by atoms with E-state index < -0.39 is 0 Å². The van der Waals surface area contributed by atoms with Crippen LogP contribution in [0.5, 0.6) is 0 Å². The number of allylic oxidation sites excluding steroid dienone is 1. The van der Waals surface area contributed by atoms with Crippen molar-refractivity contribution in [3.05, 3.63) is 12.2 Å². The van der Waals surface area contributed by atoms with Crippen molar-refractivity contribution >= 4 is 0 Å². The Hall–Kier alpha value is -0.300. The van der Waals surface area contributed by atoms with E-state index >= 15 is 0 Å². The van der Waals surface area contributed by atoms with Crippen LogP contribution in [0.1, 0.15) is 77.0 Å². The molecule has 0 saturated heterocycles. The molecule has 0 aliphatic carbocycles. The van der Waals surface area contributed by atoms with Crippen LogP contribution in [-0.4, -0.2) is 13.2 Å². The summed E-state index contributed by atoms with van der Waals surface area (Å²) in [6, 6.07) is 0. The molecule has 17 heavy (non-hydrogen) atoms. The molecule has 1 heteroatoms. The van der Waals surface area contributed by atoms with Crippen LogP contribution >= 0.6 is 0 Å². The zero-order valence-electron chi connectivity index (χ0n) is 11.5. The molecule has 0 radical (unpaired) electrons. The molecule has 1 aliphatic rings. The first-order valence-electron chi connectivity index (χ1n) is 7.73. The predicted molar refractivity (Wildman–Crippen MR) is 75.4 cm³/mol. The third kappa shape index (κ3) is 10.6. The summed E-state index contributed by atoms with van der Waals surface area (Å²) in [4.78, 5) is 0. The molecule has 100 valence electrons. The van der Waals surface area contributed by atoms with Gasteiger partial charge in [0, 0.05) is 6.61 Å². The van der Waals surface area contributed by atoms with Crippen LogP contribution in [0.3, 0.4) is 0 Å². The van der Waals surface area contributed by atoms with Gasteiger partial charge in [0.2, 0.25) is 0 Å². The van der Waals surface area contributed by atoms with Crippen molar-refractivity contribution in [3.8, 4) is 0 Å². The Morgan fingerprint density at radius 3 is 1.71 bits per heavy atom. The lowest BCUT2D eigenvalue weighted by molar-refractivity contribution is 0.157. The largest absolute Gasteiger partial charge is 0.377 e. The highest BCUT2D eigenvalue weighted by Gasteiger charge is 1.94. The molecule has 0 fully saturated rings. The monoisotopic (exact) mass is 238 g/mol. The van der Waals surface area contributed by atoms with Crippen LogP contribution in [0.4, 0.5) is 0 Å². The molecule has 0 atom stereocenters. The standard InChI is InChI=1S/C16H30O/c1-2-4-6-8-10-12-14-16-17-15-13-11-9-7-5-3-1/h11,13H,1-10,12,14-16H2/b13-11-. The van der Waals surface area contributed by atoms with Gasteiger partial charge >= 0.3 is 0 Å². The van der Waals surface area contributed by atoms with Crippen LogP contribution in [0.2, 0.25) is 0 Å². The van der Waals surface area contributed by atoms with Crippen molar-refractivity contribution in [2.45, 2.75) is 77.0 Å². The smallest absolute Gasteiger partial charge is 0.0647 e. The van der Waals surface area contributed by atoms with Crippen molar-refractivity contribution in [1.82, 2.24) is 0 Å². The number of ether oxygens (including phenoxy) is 1. The Balaban J connectivity index is 2.07. The van der Waals surface area contributed by atoms with Crippen LogP contribution < -0.4 is 0 Å². The van der Waals surface area contributed by atoms with Gasteiger partial charge in [-0.1, -0.05) is 69.9 Å². The lowest BCUT2D eigenvalue weighted by Gasteiger charge is -2.02. The molecule has 0 amide bonds. The van der Waals surface area contributed by atoms with Gasteiger partial charge in [-0.05, 0) is 19.3 Å². The first-order chi connectivity index (χ1) is 8.50. The third-order valence-electron chi connectivity index (χ3n) is 3.54. The number of rotatable bonds is 0. The van der Waals surface area contributed by atoms with E-state index in [1.54, 1.807) is 0 Å². The van der Waals surface area contributed by atoms with Gasteiger partial charge in [0.25, 0.3) is 0 Å². The van der Waals surface area contributed by atoms with E-state index in [9.17, 15) is 0 Å². The highest BCUT2D eigenvalue weighted by molar-refractivity contribution is 4.81. The SMILES string of the molecule is C1=C\COCCCCCCCCCCCCC/1. The van der Waals surface area contributed by atoms with E-state index in [4.69, 9.17) is 4.74 Å². The van der Waals surface area contributed by atoms with E-state index in [2.05, 4.69) is 12.2 Å². The van der Waals surface area contributed by atoms with Crippen LogP contribution in [-0.2, 0) is 4.74 Å². The molecule has 0 aromatic rings. The lowest BCUT2D eigenvalue weighted by Crippen LogP contribution is -1.94. The molecule has 0 unspecified atom stereocenters. The van der Waals surface area contributed by atoms with Gasteiger partial charge in [-0.15, -0.1) is 0 Å². The minimum absolute atomic E-state index is 0.819. The maximum atomic E-state index is 5.57. The molecule has 1 aliphatic heterocycles. The van der Waals surface area contributed by atoms with Gasteiger partial charge in [-0.3, -0.25) is 0 Å². The first-order valence-corrected chi connectivity index (χ1v) is 7.73. The average molecular weight is 238 g/mol. The van der Waals surface area contributed by atoms with Crippen molar-refractivity contribution in [1.29, 1.82) is 0 Å². The summed E-state index contributed by atoms with van der Waals surface area (Å²) in [6.45, 7) is 1.77. The minimum atomic E-state index is 0.819. The fraction of sp³-hybridized carbons (Fsp3) is 0.875. The van der Waals surface area contributed by atoms with E-state index in [-0.39, 0.29) is 0 Å². The molecule has 0 spiro atoms. The second-order valence-corrected chi connectivity index (χ2v) is 5.22. The Morgan fingerprint density at radius 1 is 0.529 bits per heavy atom. The highest BCUT2D eigenvalue weighted by atomic mass is 16.5. The van der Waals surface area contributed by atoms with E-state index in [1.165, 1.54) is 77.0 Å². The Labute approximate surface area is 108 Å². The fourth-order valence-electron chi connectivity index (χ4n) is 2.39. The Morgan fingerprint density at radius 2 is 1.06 bits per heavy atom. The van der Waals surface area contributed by atoms with Crippen molar-refractivity contribution in [2.75, 3.05) is 13.2 Å². The number of hydrogen-bond acceptors (Lipinski definition) is 1. The molecule has 0 N–H and O–H groups in total. The molecule has 0 saturated carbocycles.